The van der Waals surface area contributed by atoms with Crippen LogP contribution in [0.3, 0.4) is 0 Å². The van der Waals surface area contributed by atoms with Crippen LogP contribution in [-0.2, 0) is 6.54 Å². The molecule has 0 heterocycles. The van der Waals surface area contributed by atoms with Crippen molar-refractivity contribution in [3.63, 3.8) is 0 Å². The van der Waals surface area contributed by atoms with Gasteiger partial charge in [0.25, 0.3) is 0 Å². The fraction of sp³-hybridized carbons (Fsp3) is 0.647. The Bertz CT molecular complexity index is 385. The Hall–Kier alpha value is -0.860. The molecule has 0 saturated heterocycles. The van der Waals surface area contributed by atoms with Crippen LogP contribution in [0.2, 0.25) is 0 Å². The molecular weight excluding hydrogens is 232 g/mol. The zero-order valence-electron chi connectivity index (χ0n) is 12.6. The second kappa shape index (κ2) is 6.53. The van der Waals surface area contributed by atoms with Crippen LogP contribution in [0.25, 0.3) is 0 Å². The maximum Gasteiger partial charge on any atom is 0.0233 e. The molecular formula is C17H28N2. The largest absolute Gasteiger partial charge is 0.330 e. The molecule has 0 radical (unpaired) electrons. The summed E-state index contributed by atoms with van der Waals surface area (Å²) < 4.78 is 0. The van der Waals surface area contributed by atoms with Gasteiger partial charge < -0.3 is 5.73 Å². The predicted octanol–water partition coefficient (Wildman–Crippen LogP) is 3.19. The fourth-order valence-electron chi connectivity index (χ4n) is 3.33. The minimum atomic E-state index is 0.648. The molecule has 0 bridgehead atoms. The van der Waals surface area contributed by atoms with Crippen LogP contribution in [0.5, 0.6) is 0 Å². The lowest BCUT2D eigenvalue weighted by molar-refractivity contribution is 0.103. The summed E-state index contributed by atoms with van der Waals surface area (Å²) in [6.07, 6.45) is 3.93. The van der Waals surface area contributed by atoms with E-state index in [4.69, 9.17) is 5.73 Å². The quantitative estimate of drug-likeness (QED) is 0.901. The monoisotopic (exact) mass is 260 g/mol. The molecule has 3 atom stereocenters. The van der Waals surface area contributed by atoms with Crippen LogP contribution in [0, 0.1) is 18.8 Å². The van der Waals surface area contributed by atoms with Crippen LogP contribution < -0.4 is 5.73 Å². The second-order valence-electron chi connectivity index (χ2n) is 6.38. The Labute approximate surface area is 118 Å². The average Bonchev–Trinajstić information content (AvgIpc) is 2.41. The van der Waals surface area contributed by atoms with Crippen molar-refractivity contribution < 1.29 is 0 Å². The Balaban J connectivity index is 2.00. The van der Waals surface area contributed by atoms with E-state index in [-0.39, 0.29) is 0 Å². The predicted molar refractivity (Wildman–Crippen MR) is 82.0 cm³/mol. The van der Waals surface area contributed by atoms with Crippen LogP contribution >= 0.6 is 0 Å². The third kappa shape index (κ3) is 3.80. The number of nitrogens with two attached hydrogens (primary N) is 1. The molecule has 2 N–H and O–H groups in total. The van der Waals surface area contributed by atoms with Crippen LogP contribution in [0.15, 0.2) is 24.3 Å². The zero-order chi connectivity index (χ0) is 13.8. The summed E-state index contributed by atoms with van der Waals surface area (Å²) in [5.74, 6) is 1.51. The molecule has 0 aliphatic heterocycles. The lowest BCUT2D eigenvalue weighted by Crippen LogP contribution is -2.44. The molecule has 0 amide bonds. The smallest absolute Gasteiger partial charge is 0.0233 e. The van der Waals surface area contributed by atoms with E-state index in [2.05, 4.69) is 50.1 Å². The van der Waals surface area contributed by atoms with Gasteiger partial charge in [-0.2, -0.15) is 0 Å². The Morgan fingerprint density at radius 1 is 1.21 bits per heavy atom. The van der Waals surface area contributed by atoms with Gasteiger partial charge in [0.2, 0.25) is 0 Å². The lowest BCUT2D eigenvalue weighted by atomic mass is 9.78. The first-order chi connectivity index (χ1) is 9.10. The van der Waals surface area contributed by atoms with Crippen molar-refractivity contribution in [3.05, 3.63) is 35.4 Å². The van der Waals surface area contributed by atoms with Gasteiger partial charge in [-0.1, -0.05) is 43.2 Å². The normalized spacial score (nSPS) is 27.7. The molecule has 1 aromatic rings. The third-order valence-corrected chi connectivity index (χ3v) is 4.64. The van der Waals surface area contributed by atoms with E-state index >= 15 is 0 Å². The molecule has 1 aliphatic carbocycles. The minimum absolute atomic E-state index is 0.648. The molecule has 1 aliphatic rings. The molecule has 19 heavy (non-hydrogen) atoms. The highest BCUT2D eigenvalue weighted by atomic mass is 15.1. The molecule has 106 valence electrons. The van der Waals surface area contributed by atoms with Crippen molar-refractivity contribution in [1.82, 2.24) is 4.90 Å². The maximum absolute atomic E-state index is 5.96. The molecule has 2 nitrogen and oxygen atoms in total. The van der Waals surface area contributed by atoms with Gasteiger partial charge in [0, 0.05) is 12.6 Å². The third-order valence-electron chi connectivity index (χ3n) is 4.64. The second-order valence-corrected chi connectivity index (χ2v) is 6.38. The molecule has 3 unspecified atom stereocenters. The first-order valence-corrected chi connectivity index (χ1v) is 7.56. The fourth-order valence-corrected chi connectivity index (χ4v) is 3.33. The van der Waals surface area contributed by atoms with Crippen molar-refractivity contribution in [3.8, 4) is 0 Å². The van der Waals surface area contributed by atoms with E-state index in [1.165, 1.54) is 30.4 Å². The molecule has 0 spiro atoms. The summed E-state index contributed by atoms with van der Waals surface area (Å²) in [6.45, 7) is 6.38. The van der Waals surface area contributed by atoms with Gasteiger partial charge in [0.1, 0.15) is 0 Å². The molecule has 1 fully saturated rings. The van der Waals surface area contributed by atoms with Gasteiger partial charge in [-0.15, -0.1) is 0 Å². The number of hydrogen-bond donors (Lipinski definition) is 1. The van der Waals surface area contributed by atoms with Gasteiger partial charge >= 0.3 is 0 Å². The highest BCUT2D eigenvalue weighted by molar-refractivity contribution is 5.21. The first kappa shape index (κ1) is 14.5. The van der Waals surface area contributed by atoms with E-state index in [1.54, 1.807) is 0 Å². The SMILES string of the molecule is Cc1ccc(CN(C)C2CC(C)CCC2CN)cc1. The van der Waals surface area contributed by atoms with Gasteiger partial charge in [-0.25, -0.2) is 0 Å². The van der Waals surface area contributed by atoms with Crippen molar-refractivity contribution in [2.24, 2.45) is 17.6 Å². The summed E-state index contributed by atoms with van der Waals surface area (Å²) in [5, 5.41) is 0. The first-order valence-electron chi connectivity index (χ1n) is 7.56. The zero-order valence-corrected chi connectivity index (χ0v) is 12.6. The summed E-state index contributed by atoms with van der Waals surface area (Å²) in [5.41, 5.74) is 8.70. The Morgan fingerprint density at radius 2 is 1.89 bits per heavy atom. The number of rotatable bonds is 4. The summed E-state index contributed by atoms with van der Waals surface area (Å²) in [7, 11) is 2.26. The van der Waals surface area contributed by atoms with E-state index in [9.17, 15) is 0 Å². The van der Waals surface area contributed by atoms with Gasteiger partial charge in [-0.3, -0.25) is 4.90 Å². The maximum atomic E-state index is 5.96. The van der Waals surface area contributed by atoms with E-state index in [0.717, 1.165) is 19.0 Å². The number of aryl methyl sites for hydroxylation is 1. The van der Waals surface area contributed by atoms with Crippen LogP contribution in [0.1, 0.15) is 37.3 Å². The number of hydrogen-bond acceptors (Lipinski definition) is 2. The Kier molecular flexibility index (Phi) is 5.00. The van der Waals surface area contributed by atoms with E-state index < -0.39 is 0 Å². The van der Waals surface area contributed by atoms with Gasteiger partial charge in [0.05, 0.1) is 0 Å². The summed E-state index contributed by atoms with van der Waals surface area (Å²) >= 11 is 0. The van der Waals surface area contributed by atoms with Crippen LogP contribution in [0.4, 0.5) is 0 Å². The Morgan fingerprint density at radius 3 is 2.53 bits per heavy atom. The number of benzene rings is 1. The summed E-state index contributed by atoms with van der Waals surface area (Å²) in [4.78, 5) is 2.51. The minimum Gasteiger partial charge on any atom is -0.330 e. The standard InChI is InChI=1S/C17H28N2/c1-13-4-7-15(8-5-13)12-19(3)17-10-14(2)6-9-16(17)11-18/h4-5,7-8,14,16-17H,6,9-12,18H2,1-3H3. The molecule has 0 aromatic heterocycles. The van der Waals surface area contributed by atoms with Crippen molar-refractivity contribution in [2.75, 3.05) is 13.6 Å². The molecule has 2 heteroatoms. The van der Waals surface area contributed by atoms with Crippen molar-refractivity contribution >= 4 is 0 Å². The molecule has 2 rings (SSSR count). The summed E-state index contributed by atoms with van der Waals surface area (Å²) in [6, 6.07) is 9.54. The average molecular weight is 260 g/mol. The van der Waals surface area contributed by atoms with E-state index in [0.29, 0.717) is 12.0 Å². The number of nitrogens with zero attached hydrogens (tertiary/aromatic N) is 1. The van der Waals surface area contributed by atoms with Crippen LogP contribution in [-0.4, -0.2) is 24.5 Å². The van der Waals surface area contributed by atoms with E-state index in [1.807, 2.05) is 0 Å². The van der Waals surface area contributed by atoms with Crippen molar-refractivity contribution in [1.29, 1.82) is 0 Å². The highest BCUT2D eigenvalue weighted by Gasteiger charge is 2.30. The van der Waals surface area contributed by atoms with Gasteiger partial charge in [-0.05, 0) is 50.8 Å². The highest BCUT2D eigenvalue weighted by Crippen LogP contribution is 2.31. The topological polar surface area (TPSA) is 29.3 Å². The molecule has 1 aromatic carbocycles. The molecule has 1 saturated carbocycles. The van der Waals surface area contributed by atoms with Gasteiger partial charge in [0.15, 0.2) is 0 Å². The lowest BCUT2D eigenvalue weighted by Gasteiger charge is -2.40. The van der Waals surface area contributed by atoms with Crippen molar-refractivity contribution in [2.45, 2.75) is 45.7 Å².